The van der Waals surface area contributed by atoms with E-state index in [1.165, 1.54) is 0 Å². The van der Waals surface area contributed by atoms with Crippen LogP contribution in [0.15, 0.2) is 132 Å². The minimum absolute atomic E-state index is 0.0523. The third kappa shape index (κ3) is 4.82. The Balaban J connectivity index is 1.51. The van der Waals surface area contributed by atoms with Gasteiger partial charge in [-0.25, -0.2) is 4.68 Å². The number of hydrogen-bond acceptors (Lipinski definition) is 3. The molecule has 4 aromatic carbocycles. The van der Waals surface area contributed by atoms with Crippen molar-refractivity contribution in [3.63, 3.8) is 0 Å². The highest BCUT2D eigenvalue weighted by molar-refractivity contribution is 9.10. The second kappa shape index (κ2) is 10.4. The minimum atomic E-state index is -0.0523. The fourth-order valence-corrected chi connectivity index (χ4v) is 4.70. The second-order valence-electron chi connectivity index (χ2n) is 8.75. The van der Waals surface area contributed by atoms with Crippen LogP contribution in [0.25, 0.3) is 39.9 Å². The molecule has 182 valence electrons. The van der Waals surface area contributed by atoms with E-state index in [0.29, 0.717) is 11.5 Å². The first-order valence-electron chi connectivity index (χ1n) is 12.2. The lowest BCUT2D eigenvalue weighted by Gasteiger charge is -2.07. The number of nitrogens with zero attached hydrogens (tertiary/aromatic N) is 4. The highest BCUT2D eigenvalue weighted by atomic mass is 79.9. The highest BCUT2D eigenvalue weighted by Crippen LogP contribution is 2.28. The van der Waals surface area contributed by atoms with Gasteiger partial charge in [-0.15, -0.1) is 4.68 Å². The third-order valence-corrected chi connectivity index (χ3v) is 6.67. The number of hydrogen-bond donors (Lipinski definition) is 0. The lowest BCUT2D eigenvalue weighted by molar-refractivity contribution is -0.681. The van der Waals surface area contributed by atoms with Gasteiger partial charge in [0.15, 0.2) is 17.0 Å². The Hall–Kier alpha value is -4.68. The summed E-state index contributed by atoms with van der Waals surface area (Å²) in [6, 6.07) is 35.4. The van der Waals surface area contributed by atoms with Crippen LogP contribution in [0.3, 0.4) is 0 Å². The molecule has 0 bridgehead atoms. The van der Waals surface area contributed by atoms with Crippen molar-refractivity contribution in [2.45, 2.75) is 0 Å². The molecule has 0 amide bonds. The normalized spacial score (nSPS) is 11.3. The molecule has 0 aliphatic carbocycles. The molecule has 0 spiro atoms. The molecular formula is C32H22BrN4O+. The van der Waals surface area contributed by atoms with Crippen LogP contribution in [-0.2, 0) is 0 Å². The van der Waals surface area contributed by atoms with Gasteiger partial charge in [-0.2, -0.15) is 0 Å². The summed E-state index contributed by atoms with van der Waals surface area (Å²) in [4.78, 5) is 22.7. The molecule has 0 aliphatic rings. The number of halogens is 1. The molecule has 0 fully saturated rings. The van der Waals surface area contributed by atoms with E-state index in [0.717, 1.165) is 37.9 Å². The van der Waals surface area contributed by atoms with Crippen molar-refractivity contribution in [3.05, 3.63) is 143 Å². The predicted molar refractivity (Wildman–Crippen MR) is 153 cm³/mol. The van der Waals surface area contributed by atoms with Gasteiger partial charge in [-0.05, 0) is 42.5 Å². The smallest absolute Gasteiger partial charge is 0.289 e. The quantitative estimate of drug-likeness (QED) is 0.125. The summed E-state index contributed by atoms with van der Waals surface area (Å²) in [6.45, 7) is 0. The lowest BCUT2D eigenvalue weighted by Crippen LogP contribution is -2.41. The topological polar surface area (TPSA) is 51.7 Å². The van der Waals surface area contributed by atoms with Gasteiger partial charge < -0.3 is 0 Å². The van der Waals surface area contributed by atoms with Crippen molar-refractivity contribution in [2.24, 2.45) is 0 Å². The molecule has 0 N–H and O–H groups in total. The Morgan fingerprint density at radius 3 is 2.24 bits per heavy atom. The number of benzene rings is 4. The van der Waals surface area contributed by atoms with Crippen LogP contribution in [-0.4, -0.2) is 20.4 Å². The zero-order valence-electron chi connectivity index (χ0n) is 20.3. The molecule has 6 rings (SSSR count). The molecule has 6 heteroatoms. The van der Waals surface area contributed by atoms with Gasteiger partial charge in [0.05, 0.1) is 17.3 Å². The fraction of sp³-hybridized carbons (Fsp3) is 0. The van der Waals surface area contributed by atoms with Crippen molar-refractivity contribution in [2.75, 3.05) is 0 Å². The largest absolute Gasteiger partial charge is 0.456 e. The van der Waals surface area contributed by atoms with Crippen LogP contribution >= 0.6 is 15.9 Å². The van der Waals surface area contributed by atoms with E-state index in [4.69, 9.17) is 9.97 Å². The first-order chi connectivity index (χ1) is 18.7. The highest BCUT2D eigenvalue weighted by Gasteiger charge is 2.23. The number of aromatic nitrogens is 4. The van der Waals surface area contributed by atoms with Crippen molar-refractivity contribution in [3.8, 4) is 22.9 Å². The lowest BCUT2D eigenvalue weighted by atomic mass is 10.1. The summed E-state index contributed by atoms with van der Waals surface area (Å²) >= 11 is 3.59. The van der Waals surface area contributed by atoms with Crippen molar-refractivity contribution >= 4 is 38.7 Å². The second-order valence-corrected chi connectivity index (χ2v) is 9.66. The molecule has 0 atom stereocenters. The van der Waals surface area contributed by atoms with Crippen LogP contribution in [0, 0.1) is 0 Å². The van der Waals surface area contributed by atoms with E-state index in [9.17, 15) is 4.79 Å². The third-order valence-electron chi connectivity index (χ3n) is 6.18. The zero-order chi connectivity index (χ0) is 25.9. The standard InChI is InChI=1S/C32H22BrN4O/c33-26-17-18-29-28(20-26)31(25-12-6-2-7-13-25)35-32(34-29)37-22-23(21-36(37)27-14-8-3-9-15-27)16-19-30(38)24-10-4-1-5-11-24/h1-22H/q+1. The minimum Gasteiger partial charge on any atom is -0.289 e. The van der Waals surface area contributed by atoms with Crippen molar-refractivity contribution in [1.82, 2.24) is 14.6 Å². The Kier molecular flexibility index (Phi) is 6.46. The van der Waals surface area contributed by atoms with Gasteiger partial charge in [-0.3, -0.25) is 4.79 Å². The van der Waals surface area contributed by atoms with Gasteiger partial charge in [0.1, 0.15) is 6.20 Å². The van der Waals surface area contributed by atoms with Crippen LogP contribution in [0.5, 0.6) is 0 Å². The molecule has 6 aromatic rings. The molecule has 38 heavy (non-hydrogen) atoms. The number of para-hydroxylation sites is 1. The summed E-state index contributed by atoms with van der Waals surface area (Å²) in [5.74, 6) is 0.472. The molecule has 0 unspecified atom stereocenters. The van der Waals surface area contributed by atoms with E-state index in [-0.39, 0.29) is 5.78 Å². The molecule has 0 aliphatic heterocycles. The van der Waals surface area contributed by atoms with E-state index >= 15 is 0 Å². The summed E-state index contributed by atoms with van der Waals surface area (Å²) in [5, 5.41) is 0.960. The Morgan fingerprint density at radius 1 is 0.816 bits per heavy atom. The van der Waals surface area contributed by atoms with Crippen LogP contribution in [0.2, 0.25) is 0 Å². The first kappa shape index (κ1) is 23.7. The van der Waals surface area contributed by atoms with E-state index in [1.807, 2.05) is 125 Å². The van der Waals surface area contributed by atoms with Crippen LogP contribution in [0.4, 0.5) is 0 Å². The van der Waals surface area contributed by atoms with Crippen molar-refractivity contribution < 1.29 is 9.48 Å². The number of fused-ring (bicyclic) bond motifs is 1. The van der Waals surface area contributed by atoms with E-state index in [1.54, 1.807) is 6.08 Å². The number of carbonyl (C=O) groups is 1. The maximum atomic E-state index is 12.7. The Bertz CT molecular complexity index is 1780. The number of rotatable bonds is 6. The molecular weight excluding hydrogens is 536 g/mol. The SMILES string of the molecule is O=C(C=Cc1cn(-c2ccccc2)[n+](-c2nc(-c3ccccc3)c3cc(Br)ccc3n2)c1)c1ccccc1. The summed E-state index contributed by atoms with van der Waals surface area (Å²) in [5.41, 5.74) is 5.13. The summed E-state index contributed by atoms with van der Waals surface area (Å²) in [7, 11) is 0. The Morgan fingerprint density at radius 2 is 1.50 bits per heavy atom. The average Bonchev–Trinajstić information content (AvgIpc) is 3.41. The van der Waals surface area contributed by atoms with Crippen LogP contribution in [0.1, 0.15) is 15.9 Å². The number of carbonyl (C=O) groups excluding carboxylic acids is 1. The molecule has 2 aromatic heterocycles. The van der Waals surface area contributed by atoms with Gasteiger partial charge in [0, 0.05) is 21.2 Å². The first-order valence-corrected chi connectivity index (χ1v) is 13.0. The van der Waals surface area contributed by atoms with Gasteiger partial charge in [-0.1, -0.05) is 105 Å². The predicted octanol–water partition coefficient (Wildman–Crippen LogP) is 7.02. The van der Waals surface area contributed by atoms with E-state index < -0.39 is 0 Å². The van der Waals surface area contributed by atoms with E-state index in [2.05, 4.69) is 28.1 Å². The average molecular weight is 558 g/mol. The zero-order valence-corrected chi connectivity index (χ0v) is 21.9. The van der Waals surface area contributed by atoms with Crippen LogP contribution < -0.4 is 4.68 Å². The fourth-order valence-electron chi connectivity index (χ4n) is 4.34. The van der Waals surface area contributed by atoms with Gasteiger partial charge in [0.2, 0.25) is 0 Å². The number of allylic oxidation sites excluding steroid dienone is 1. The molecule has 0 saturated heterocycles. The van der Waals surface area contributed by atoms with Crippen molar-refractivity contribution in [1.29, 1.82) is 0 Å². The van der Waals surface area contributed by atoms with Gasteiger partial charge in [0.25, 0.3) is 0 Å². The molecule has 5 nitrogen and oxygen atoms in total. The summed E-state index contributed by atoms with van der Waals surface area (Å²) in [6.07, 6.45) is 7.33. The molecule has 2 heterocycles. The summed E-state index contributed by atoms with van der Waals surface area (Å²) < 4.78 is 4.87. The monoisotopic (exact) mass is 557 g/mol. The number of ketones is 1. The Labute approximate surface area is 228 Å². The maximum Gasteiger partial charge on any atom is 0.456 e. The van der Waals surface area contributed by atoms with Gasteiger partial charge >= 0.3 is 5.95 Å². The molecule has 0 radical (unpaired) electrons. The molecule has 0 saturated carbocycles. The maximum absolute atomic E-state index is 12.7.